The van der Waals surface area contributed by atoms with Crippen molar-refractivity contribution >= 4 is 15.9 Å². The lowest BCUT2D eigenvalue weighted by molar-refractivity contribution is 0.0419. The summed E-state index contributed by atoms with van der Waals surface area (Å²) in [7, 11) is 0. The SMILES string of the molecule is NC1CCOCC1Cc1ccc(Br)cc1F. The second-order valence-corrected chi connectivity index (χ2v) is 5.14. The molecule has 0 amide bonds. The number of halogens is 2. The van der Waals surface area contributed by atoms with Crippen LogP contribution in [-0.2, 0) is 11.2 Å². The normalized spacial score (nSPS) is 25.7. The molecule has 4 heteroatoms. The Labute approximate surface area is 103 Å². The van der Waals surface area contributed by atoms with Crippen molar-refractivity contribution in [1.29, 1.82) is 0 Å². The van der Waals surface area contributed by atoms with Crippen molar-refractivity contribution in [1.82, 2.24) is 0 Å². The summed E-state index contributed by atoms with van der Waals surface area (Å²) in [5.74, 6) is 0.0524. The predicted octanol–water partition coefficient (Wildman–Crippen LogP) is 2.49. The van der Waals surface area contributed by atoms with E-state index in [1.807, 2.05) is 6.07 Å². The number of hydrogen-bond acceptors (Lipinski definition) is 2. The van der Waals surface area contributed by atoms with Gasteiger partial charge in [0.1, 0.15) is 5.82 Å². The van der Waals surface area contributed by atoms with Crippen LogP contribution in [0.4, 0.5) is 4.39 Å². The van der Waals surface area contributed by atoms with Gasteiger partial charge in [-0.15, -0.1) is 0 Å². The van der Waals surface area contributed by atoms with Crippen molar-refractivity contribution in [2.75, 3.05) is 13.2 Å². The summed E-state index contributed by atoms with van der Waals surface area (Å²) in [6.07, 6.45) is 1.52. The minimum Gasteiger partial charge on any atom is -0.381 e. The third kappa shape index (κ3) is 2.81. The lowest BCUT2D eigenvalue weighted by Gasteiger charge is -2.28. The molecule has 2 N–H and O–H groups in total. The fourth-order valence-electron chi connectivity index (χ4n) is 1.99. The van der Waals surface area contributed by atoms with Crippen LogP contribution in [0.25, 0.3) is 0 Å². The molecule has 1 aliphatic rings. The van der Waals surface area contributed by atoms with Crippen molar-refractivity contribution in [3.8, 4) is 0 Å². The van der Waals surface area contributed by atoms with Gasteiger partial charge in [-0.25, -0.2) is 4.39 Å². The average Bonchev–Trinajstić information content (AvgIpc) is 2.25. The van der Waals surface area contributed by atoms with Crippen LogP contribution in [-0.4, -0.2) is 19.3 Å². The first-order valence-corrected chi connectivity index (χ1v) is 6.23. The molecule has 1 heterocycles. The second-order valence-electron chi connectivity index (χ2n) is 4.23. The summed E-state index contributed by atoms with van der Waals surface area (Å²) >= 11 is 3.24. The molecule has 0 aliphatic carbocycles. The van der Waals surface area contributed by atoms with E-state index in [0.29, 0.717) is 18.6 Å². The van der Waals surface area contributed by atoms with Gasteiger partial charge in [0.25, 0.3) is 0 Å². The molecule has 16 heavy (non-hydrogen) atoms. The number of rotatable bonds is 2. The van der Waals surface area contributed by atoms with Crippen LogP contribution in [0.3, 0.4) is 0 Å². The average molecular weight is 288 g/mol. The van der Waals surface area contributed by atoms with E-state index in [1.165, 1.54) is 6.07 Å². The highest BCUT2D eigenvalue weighted by molar-refractivity contribution is 9.10. The van der Waals surface area contributed by atoms with Gasteiger partial charge >= 0.3 is 0 Å². The smallest absolute Gasteiger partial charge is 0.127 e. The molecule has 1 aromatic rings. The van der Waals surface area contributed by atoms with Gasteiger partial charge in [-0.05, 0) is 30.5 Å². The van der Waals surface area contributed by atoms with Crippen LogP contribution in [0.2, 0.25) is 0 Å². The van der Waals surface area contributed by atoms with E-state index in [9.17, 15) is 4.39 Å². The van der Waals surface area contributed by atoms with Gasteiger partial charge in [-0.3, -0.25) is 0 Å². The van der Waals surface area contributed by atoms with Gasteiger partial charge in [0.15, 0.2) is 0 Å². The summed E-state index contributed by atoms with van der Waals surface area (Å²) in [5, 5.41) is 0. The summed E-state index contributed by atoms with van der Waals surface area (Å²) in [6, 6.07) is 5.27. The zero-order valence-electron chi connectivity index (χ0n) is 8.96. The zero-order valence-corrected chi connectivity index (χ0v) is 10.5. The van der Waals surface area contributed by atoms with E-state index in [1.54, 1.807) is 6.07 Å². The fraction of sp³-hybridized carbons (Fsp3) is 0.500. The van der Waals surface area contributed by atoms with Gasteiger partial charge in [0.05, 0.1) is 6.61 Å². The van der Waals surface area contributed by atoms with Crippen LogP contribution < -0.4 is 5.73 Å². The molecule has 1 aromatic carbocycles. The Balaban J connectivity index is 2.07. The molecule has 1 saturated heterocycles. The number of ether oxygens (including phenoxy) is 1. The molecule has 0 saturated carbocycles. The minimum absolute atomic E-state index is 0.122. The third-order valence-corrected chi connectivity index (χ3v) is 3.52. The van der Waals surface area contributed by atoms with E-state index in [0.717, 1.165) is 17.5 Å². The molecule has 2 rings (SSSR count). The summed E-state index contributed by atoms with van der Waals surface area (Å²) in [5.41, 5.74) is 6.71. The highest BCUT2D eigenvalue weighted by Gasteiger charge is 2.23. The highest BCUT2D eigenvalue weighted by Crippen LogP contribution is 2.22. The van der Waals surface area contributed by atoms with Crippen molar-refractivity contribution in [3.63, 3.8) is 0 Å². The molecule has 1 fully saturated rings. The number of nitrogens with two attached hydrogens (primary N) is 1. The summed E-state index contributed by atoms with van der Waals surface area (Å²) < 4.78 is 19.8. The Morgan fingerprint density at radius 2 is 2.31 bits per heavy atom. The van der Waals surface area contributed by atoms with Crippen molar-refractivity contribution < 1.29 is 9.13 Å². The zero-order chi connectivity index (χ0) is 11.5. The Kier molecular flexibility index (Phi) is 3.95. The topological polar surface area (TPSA) is 35.2 Å². The van der Waals surface area contributed by atoms with E-state index in [2.05, 4.69) is 15.9 Å². The molecule has 0 aromatic heterocycles. The summed E-state index contributed by atoms with van der Waals surface area (Å²) in [4.78, 5) is 0. The largest absolute Gasteiger partial charge is 0.381 e. The molecule has 2 atom stereocenters. The predicted molar refractivity (Wildman–Crippen MR) is 64.7 cm³/mol. The molecule has 2 nitrogen and oxygen atoms in total. The Morgan fingerprint density at radius 3 is 3.00 bits per heavy atom. The molecular formula is C12H15BrFNO. The van der Waals surface area contributed by atoms with Gasteiger partial charge in [0, 0.05) is 23.0 Å². The molecule has 88 valence electrons. The minimum atomic E-state index is -0.174. The molecule has 2 unspecified atom stereocenters. The molecule has 0 radical (unpaired) electrons. The Morgan fingerprint density at radius 1 is 1.50 bits per heavy atom. The highest BCUT2D eigenvalue weighted by atomic mass is 79.9. The van der Waals surface area contributed by atoms with E-state index >= 15 is 0 Å². The Hall–Kier alpha value is -0.450. The van der Waals surface area contributed by atoms with E-state index < -0.39 is 0 Å². The fourth-order valence-corrected chi connectivity index (χ4v) is 2.33. The summed E-state index contributed by atoms with van der Waals surface area (Å²) in [6.45, 7) is 1.36. The third-order valence-electron chi connectivity index (χ3n) is 3.03. The number of benzene rings is 1. The first kappa shape index (κ1) is 12.0. The van der Waals surface area contributed by atoms with E-state index in [4.69, 9.17) is 10.5 Å². The Bertz CT molecular complexity index is 372. The van der Waals surface area contributed by atoms with Crippen LogP contribution in [0.1, 0.15) is 12.0 Å². The molecule has 0 spiro atoms. The molecule has 0 bridgehead atoms. The lowest BCUT2D eigenvalue weighted by atomic mass is 9.90. The van der Waals surface area contributed by atoms with Gasteiger partial charge in [0.2, 0.25) is 0 Å². The molecular weight excluding hydrogens is 273 g/mol. The first-order valence-electron chi connectivity index (χ1n) is 5.44. The van der Waals surface area contributed by atoms with Crippen molar-refractivity contribution in [2.24, 2.45) is 11.7 Å². The first-order chi connectivity index (χ1) is 7.66. The monoisotopic (exact) mass is 287 g/mol. The van der Waals surface area contributed by atoms with Crippen LogP contribution >= 0.6 is 15.9 Å². The van der Waals surface area contributed by atoms with Gasteiger partial charge in [-0.2, -0.15) is 0 Å². The second kappa shape index (κ2) is 5.25. The maximum atomic E-state index is 13.6. The van der Waals surface area contributed by atoms with Gasteiger partial charge < -0.3 is 10.5 Å². The quantitative estimate of drug-likeness (QED) is 0.907. The van der Waals surface area contributed by atoms with Crippen LogP contribution in [0, 0.1) is 11.7 Å². The van der Waals surface area contributed by atoms with Crippen LogP contribution in [0.15, 0.2) is 22.7 Å². The standard InChI is InChI=1S/C12H15BrFNO/c13-10-2-1-8(11(14)6-10)5-9-7-16-4-3-12(9)15/h1-2,6,9,12H,3-5,7,15H2. The maximum absolute atomic E-state index is 13.6. The number of hydrogen-bond donors (Lipinski definition) is 1. The van der Waals surface area contributed by atoms with Crippen molar-refractivity contribution in [2.45, 2.75) is 18.9 Å². The lowest BCUT2D eigenvalue weighted by Crippen LogP contribution is -2.39. The van der Waals surface area contributed by atoms with E-state index in [-0.39, 0.29) is 17.8 Å². The van der Waals surface area contributed by atoms with Crippen LogP contribution in [0.5, 0.6) is 0 Å². The van der Waals surface area contributed by atoms with Crippen molar-refractivity contribution in [3.05, 3.63) is 34.1 Å². The molecule has 1 aliphatic heterocycles. The maximum Gasteiger partial charge on any atom is 0.127 e. The van der Waals surface area contributed by atoms with Gasteiger partial charge in [-0.1, -0.05) is 22.0 Å².